The fraction of sp³-hybridized carbons (Fsp3) is 0.188. The molecule has 8 heteroatoms. The quantitative estimate of drug-likeness (QED) is 0.839. The lowest BCUT2D eigenvalue weighted by Gasteiger charge is -2.14. The molecule has 0 fully saturated rings. The smallest absolute Gasteiger partial charge is 0.264 e. The number of hydrogen-bond donors (Lipinski definition) is 1. The minimum absolute atomic E-state index is 0.0883. The van der Waals surface area contributed by atoms with E-state index in [1.807, 2.05) is 0 Å². The van der Waals surface area contributed by atoms with Crippen LogP contribution in [0.5, 0.6) is 0 Å². The molecule has 0 aromatic heterocycles. The van der Waals surface area contributed by atoms with Crippen LogP contribution in [0.15, 0.2) is 47.4 Å². The van der Waals surface area contributed by atoms with Crippen LogP contribution in [0.4, 0.5) is 10.1 Å². The van der Waals surface area contributed by atoms with E-state index < -0.39 is 21.7 Å². The molecular weight excluding hydrogens is 335 g/mol. The number of anilines is 1. The average Bonchev–Trinajstić information content (AvgIpc) is 2.57. The molecule has 0 aliphatic heterocycles. The molecule has 0 atom stereocenters. The van der Waals surface area contributed by atoms with Crippen LogP contribution >= 0.6 is 0 Å². The number of carbonyl (C=O) groups excluding carboxylic acids is 1. The van der Waals surface area contributed by atoms with E-state index in [9.17, 15) is 17.6 Å². The molecule has 0 saturated heterocycles. The van der Waals surface area contributed by atoms with Gasteiger partial charge in [0.2, 0.25) is 0 Å². The highest BCUT2D eigenvalue weighted by atomic mass is 32.2. The molecule has 0 heterocycles. The van der Waals surface area contributed by atoms with E-state index in [-0.39, 0.29) is 16.1 Å². The average molecular weight is 352 g/mol. The van der Waals surface area contributed by atoms with Crippen LogP contribution in [-0.4, -0.2) is 33.0 Å². The molecule has 0 spiro atoms. The molecule has 6 nitrogen and oxygen atoms in total. The van der Waals surface area contributed by atoms with Crippen molar-refractivity contribution >= 4 is 21.6 Å². The van der Waals surface area contributed by atoms with Gasteiger partial charge < -0.3 is 5.32 Å². The summed E-state index contributed by atoms with van der Waals surface area (Å²) < 4.78 is 38.6. The van der Waals surface area contributed by atoms with Crippen LogP contribution in [0.2, 0.25) is 0 Å². The van der Waals surface area contributed by atoms with Crippen molar-refractivity contribution in [3.63, 3.8) is 0 Å². The molecule has 1 N–H and O–H groups in total. The molecule has 2 aromatic carbocycles. The maximum atomic E-state index is 13.5. The molecule has 2 rings (SSSR count). The topological polar surface area (TPSA) is 75.7 Å². The van der Waals surface area contributed by atoms with Crippen LogP contribution in [0.25, 0.3) is 0 Å². The second-order valence-electron chi connectivity index (χ2n) is 5.04. The molecule has 0 radical (unpaired) electrons. The van der Waals surface area contributed by atoms with E-state index >= 15 is 0 Å². The Morgan fingerprint density at radius 2 is 1.92 bits per heavy atom. The summed E-state index contributed by atoms with van der Waals surface area (Å²) in [6, 6.07) is 9.80. The van der Waals surface area contributed by atoms with Gasteiger partial charge in [0, 0.05) is 18.3 Å². The number of benzene rings is 2. The number of nitrogens with zero attached hydrogens (tertiary/aromatic N) is 1. The van der Waals surface area contributed by atoms with Gasteiger partial charge in [-0.2, -0.15) is 0 Å². The van der Waals surface area contributed by atoms with Crippen LogP contribution in [0.1, 0.15) is 15.9 Å². The number of hydrogen-bond acceptors (Lipinski definition) is 4. The first-order valence-corrected chi connectivity index (χ1v) is 8.40. The number of nitrogens with one attached hydrogen (secondary N) is 1. The summed E-state index contributed by atoms with van der Waals surface area (Å²) in [5.41, 5.74) is 0.871. The summed E-state index contributed by atoms with van der Waals surface area (Å²) in [5, 5.41) is 2.53. The van der Waals surface area contributed by atoms with Crippen molar-refractivity contribution in [2.45, 2.75) is 11.8 Å². The Balaban J connectivity index is 2.28. The second-order valence-corrected chi connectivity index (χ2v) is 6.98. The van der Waals surface area contributed by atoms with Crippen LogP contribution in [0.3, 0.4) is 0 Å². The normalized spacial score (nSPS) is 11.5. The first kappa shape index (κ1) is 18.1. The molecule has 1 amide bonds. The zero-order valence-corrected chi connectivity index (χ0v) is 14.2. The summed E-state index contributed by atoms with van der Waals surface area (Å²) in [7, 11) is -1.39. The second kappa shape index (κ2) is 7.08. The minimum atomic E-state index is -3.86. The van der Waals surface area contributed by atoms with E-state index in [2.05, 4.69) is 5.32 Å². The monoisotopic (exact) mass is 352 g/mol. The van der Waals surface area contributed by atoms with E-state index in [1.54, 1.807) is 19.1 Å². The number of aryl methyl sites for hydroxylation is 1. The predicted octanol–water partition coefficient (Wildman–Crippen LogP) is 2.57. The van der Waals surface area contributed by atoms with Crippen molar-refractivity contribution < 1.29 is 22.4 Å². The summed E-state index contributed by atoms with van der Waals surface area (Å²) >= 11 is 0. The molecule has 24 heavy (non-hydrogen) atoms. The van der Waals surface area contributed by atoms with Crippen molar-refractivity contribution in [1.82, 2.24) is 4.47 Å². The van der Waals surface area contributed by atoms with Crippen molar-refractivity contribution in [2.75, 3.05) is 19.5 Å². The van der Waals surface area contributed by atoms with E-state index in [4.69, 9.17) is 4.84 Å². The zero-order chi connectivity index (χ0) is 17.9. The fourth-order valence-electron chi connectivity index (χ4n) is 1.92. The lowest BCUT2D eigenvalue weighted by atomic mass is 10.2. The first-order valence-electron chi connectivity index (χ1n) is 6.96. The number of amides is 1. The van der Waals surface area contributed by atoms with Crippen LogP contribution < -0.4 is 5.32 Å². The van der Waals surface area contributed by atoms with Gasteiger partial charge in [0.1, 0.15) is 5.82 Å². The molecule has 128 valence electrons. The third-order valence-electron chi connectivity index (χ3n) is 3.42. The highest BCUT2D eigenvalue weighted by molar-refractivity contribution is 7.89. The maximum Gasteiger partial charge on any atom is 0.264 e. The third kappa shape index (κ3) is 3.78. The van der Waals surface area contributed by atoms with Crippen LogP contribution in [-0.2, 0) is 14.9 Å². The van der Waals surface area contributed by atoms with Crippen molar-refractivity contribution in [1.29, 1.82) is 0 Å². The van der Waals surface area contributed by atoms with Crippen molar-refractivity contribution in [3.8, 4) is 0 Å². The minimum Gasteiger partial charge on any atom is -0.322 e. The molecule has 0 aliphatic carbocycles. The Labute approximate surface area is 139 Å². The van der Waals surface area contributed by atoms with E-state index in [0.717, 1.165) is 0 Å². The van der Waals surface area contributed by atoms with E-state index in [1.165, 1.54) is 44.5 Å². The molecule has 0 saturated carbocycles. The Morgan fingerprint density at radius 1 is 1.21 bits per heavy atom. The first-order chi connectivity index (χ1) is 11.3. The van der Waals surface area contributed by atoms with Crippen molar-refractivity contribution in [3.05, 3.63) is 59.4 Å². The summed E-state index contributed by atoms with van der Waals surface area (Å²) in [6.45, 7) is 1.61. The van der Waals surface area contributed by atoms with E-state index in [0.29, 0.717) is 10.0 Å². The summed E-state index contributed by atoms with van der Waals surface area (Å²) in [4.78, 5) is 16.9. The van der Waals surface area contributed by atoms with Gasteiger partial charge in [0.25, 0.3) is 15.9 Å². The van der Waals surface area contributed by atoms with Gasteiger partial charge in [-0.3, -0.25) is 9.63 Å². The Kier molecular flexibility index (Phi) is 5.33. The predicted molar refractivity (Wildman–Crippen MR) is 87.5 cm³/mol. The molecule has 0 bridgehead atoms. The van der Waals surface area contributed by atoms with Gasteiger partial charge >= 0.3 is 0 Å². The van der Waals surface area contributed by atoms with Crippen LogP contribution in [0, 0.1) is 12.7 Å². The largest absolute Gasteiger partial charge is 0.322 e. The highest BCUT2D eigenvalue weighted by Gasteiger charge is 2.22. The molecule has 0 unspecified atom stereocenters. The summed E-state index contributed by atoms with van der Waals surface area (Å²) in [5.74, 6) is -0.985. The lowest BCUT2D eigenvalue weighted by molar-refractivity contribution is -0.0258. The zero-order valence-electron chi connectivity index (χ0n) is 13.4. The molecule has 0 aliphatic rings. The summed E-state index contributed by atoms with van der Waals surface area (Å²) in [6.07, 6.45) is 0. The number of halogens is 1. The van der Waals surface area contributed by atoms with Gasteiger partial charge in [0.05, 0.1) is 12.0 Å². The number of carbonyl (C=O) groups is 1. The van der Waals surface area contributed by atoms with Gasteiger partial charge in [-0.15, -0.1) is 0 Å². The van der Waals surface area contributed by atoms with Gasteiger partial charge in [-0.05, 0) is 42.8 Å². The van der Waals surface area contributed by atoms with Crippen molar-refractivity contribution in [2.24, 2.45) is 0 Å². The number of rotatable bonds is 5. The Hall–Kier alpha value is -2.29. The third-order valence-corrected chi connectivity index (χ3v) is 5.10. The maximum absolute atomic E-state index is 13.5. The standard InChI is InChI=1S/C16H17FN2O4S/c1-11-7-8-13(10-15(11)17)18-16(20)12-5-4-6-14(9-12)24(21,22)19(2)23-3/h4-10H,1-3H3,(H,18,20). The Morgan fingerprint density at radius 3 is 2.54 bits per heavy atom. The highest BCUT2D eigenvalue weighted by Crippen LogP contribution is 2.18. The number of hydroxylamine groups is 1. The Bertz CT molecular complexity index is 868. The molecule has 2 aromatic rings. The van der Waals surface area contributed by atoms with Gasteiger partial charge in [-0.25, -0.2) is 12.8 Å². The molecular formula is C16H17FN2O4S. The lowest BCUT2D eigenvalue weighted by Crippen LogP contribution is -2.26. The number of sulfonamides is 1. The SMILES string of the molecule is CON(C)S(=O)(=O)c1cccc(C(=O)Nc2ccc(C)c(F)c2)c1. The fourth-order valence-corrected chi connectivity index (χ4v) is 2.94. The van der Waals surface area contributed by atoms with Gasteiger partial charge in [-0.1, -0.05) is 16.6 Å². The van der Waals surface area contributed by atoms with Gasteiger partial charge in [0.15, 0.2) is 0 Å².